The zero-order chi connectivity index (χ0) is 8.55. The molecule has 0 aromatic carbocycles. The molecule has 68 valence electrons. The van der Waals surface area contributed by atoms with E-state index in [1.54, 1.807) is 12.0 Å². The highest BCUT2D eigenvalue weighted by Crippen LogP contribution is 2.48. The molecule has 4 unspecified atom stereocenters. The van der Waals surface area contributed by atoms with Crippen LogP contribution in [0.25, 0.3) is 0 Å². The Balaban J connectivity index is 1.93. The first-order valence-corrected chi connectivity index (χ1v) is 8.13. The van der Waals surface area contributed by atoms with Crippen molar-refractivity contribution in [1.29, 1.82) is 0 Å². The topological polar surface area (TPSA) is 9.23 Å². The van der Waals surface area contributed by atoms with E-state index in [0.717, 1.165) is 17.4 Å². The van der Waals surface area contributed by atoms with Crippen LogP contribution in [-0.4, -0.2) is 15.3 Å². The second-order valence-electron chi connectivity index (χ2n) is 3.91. The molecule has 12 heavy (non-hydrogen) atoms. The predicted octanol–water partition coefficient (Wildman–Crippen LogP) is 2.60. The minimum absolute atomic E-state index is 0.879. The maximum Gasteiger partial charge on any atom is 0.196 e. The van der Waals surface area contributed by atoms with Crippen LogP contribution in [0.3, 0.4) is 0 Å². The molecular formula is C9H16OSSi. The van der Waals surface area contributed by atoms with Crippen LogP contribution in [0.5, 0.6) is 0 Å². The van der Waals surface area contributed by atoms with Gasteiger partial charge in [-0.05, 0) is 48.8 Å². The first-order valence-electron chi connectivity index (χ1n) is 4.69. The van der Waals surface area contributed by atoms with Gasteiger partial charge >= 0.3 is 0 Å². The van der Waals surface area contributed by atoms with Gasteiger partial charge in [0.15, 0.2) is 9.04 Å². The molecular weight excluding hydrogens is 184 g/mol. The molecule has 2 aliphatic rings. The van der Waals surface area contributed by atoms with Gasteiger partial charge in [0, 0.05) is 6.26 Å². The summed E-state index contributed by atoms with van der Waals surface area (Å²) < 4.78 is 5.70. The Kier molecular flexibility index (Phi) is 2.62. The fraction of sp³-hybridized carbons (Fsp3) is 0.778. The van der Waals surface area contributed by atoms with Crippen LogP contribution in [-0.2, 0) is 3.87 Å². The van der Waals surface area contributed by atoms with Gasteiger partial charge in [-0.3, -0.25) is 0 Å². The largest absolute Gasteiger partial charge is 0.361 e. The van der Waals surface area contributed by atoms with E-state index >= 15 is 0 Å². The number of hydrogen-bond donors (Lipinski definition) is 0. The smallest absolute Gasteiger partial charge is 0.196 e. The Morgan fingerprint density at radius 2 is 2.25 bits per heavy atom. The van der Waals surface area contributed by atoms with Gasteiger partial charge in [0.25, 0.3) is 0 Å². The van der Waals surface area contributed by atoms with E-state index in [1.165, 1.54) is 12.8 Å². The van der Waals surface area contributed by atoms with Crippen LogP contribution in [0.4, 0.5) is 0 Å². The molecule has 2 aliphatic carbocycles. The lowest BCUT2D eigenvalue weighted by Crippen LogP contribution is -2.21. The Morgan fingerprint density at radius 1 is 1.42 bits per heavy atom. The van der Waals surface area contributed by atoms with E-state index in [-0.39, 0.29) is 0 Å². The summed E-state index contributed by atoms with van der Waals surface area (Å²) in [6.45, 7) is 2.34. The summed E-state index contributed by atoms with van der Waals surface area (Å²) in [5.74, 6) is 1.78. The molecule has 1 nitrogen and oxygen atoms in total. The summed E-state index contributed by atoms with van der Waals surface area (Å²) in [5, 5.41) is 0. The number of hydrogen-bond acceptors (Lipinski definition) is 2. The number of rotatable bonds is 3. The molecule has 0 radical (unpaired) electrons. The van der Waals surface area contributed by atoms with E-state index in [4.69, 9.17) is 3.87 Å². The Labute approximate surface area is 80.5 Å². The zero-order valence-corrected chi connectivity index (χ0v) is 9.67. The monoisotopic (exact) mass is 200 g/mol. The second-order valence-corrected chi connectivity index (χ2v) is 7.28. The van der Waals surface area contributed by atoms with Crippen molar-refractivity contribution in [3.63, 3.8) is 0 Å². The first kappa shape index (κ1) is 8.85. The third-order valence-electron chi connectivity index (χ3n) is 3.18. The van der Waals surface area contributed by atoms with E-state index in [2.05, 4.69) is 18.7 Å². The fourth-order valence-electron chi connectivity index (χ4n) is 2.59. The minimum Gasteiger partial charge on any atom is -0.361 e. The molecule has 0 saturated heterocycles. The van der Waals surface area contributed by atoms with Gasteiger partial charge in [0.2, 0.25) is 0 Å². The predicted molar refractivity (Wildman–Crippen MR) is 56.7 cm³/mol. The van der Waals surface area contributed by atoms with Gasteiger partial charge in [-0.25, -0.2) is 0 Å². The SMILES string of the molecule is CSO[SiH](C)C1CC2C=CC1C2. The van der Waals surface area contributed by atoms with Gasteiger partial charge in [0.1, 0.15) is 0 Å². The quantitative estimate of drug-likeness (QED) is 0.393. The second kappa shape index (κ2) is 3.56. The van der Waals surface area contributed by atoms with Crippen molar-refractivity contribution >= 4 is 21.1 Å². The Morgan fingerprint density at radius 3 is 2.75 bits per heavy atom. The molecule has 2 bridgehead atoms. The lowest BCUT2D eigenvalue weighted by atomic mass is 10.1. The summed E-state index contributed by atoms with van der Waals surface area (Å²) in [4.78, 5) is 0. The molecule has 2 rings (SSSR count). The lowest BCUT2D eigenvalue weighted by molar-refractivity contribution is 0.582. The molecule has 0 amide bonds. The first-order chi connectivity index (χ1) is 5.81. The van der Waals surface area contributed by atoms with Crippen LogP contribution < -0.4 is 0 Å². The maximum atomic E-state index is 5.70. The van der Waals surface area contributed by atoms with Crippen LogP contribution in [0.2, 0.25) is 12.1 Å². The van der Waals surface area contributed by atoms with Gasteiger partial charge in [0.05, 0.1) is 0 Å². The van der Waals surface area contributed by atoms with Crippen molar-refractivity contribution in [2.45, 2.75) is 24.9 Å². The van der Waals surface area contributed by atoms with E-state index in [0.29, 0.717) is 0 Å². The van der Waals surface area contributed by atoms with Crippen molar-refractivity contribution in [3.8, 4) is 0 Å². The molecule has 3 heteroatoms. The van der Waals surface area contributed by atoms with E-state index < -0.39 is 9.04 Å². The van der Waals surface area contributed by atoms with Crippen molar-refractivity contribution in [2.75, 3.05) is 6.26 Å². The highest BCUT2D eigenvalue weighted by atomic mass is 32.2. The molecule has 1 saturated carbocycles. The molecule has 0 aromatic heterocycles. The third kappa shape index (κ3) is 1.50. The zero-order valence-electron chi connectivity index (χ0n) is 7.69. The standard InChI is InChI=1S/C9H16OSSi/c1-11-10-12(2)9-6-7-3-4-8(9)5-7/h3-4,7-9,12H,5-6H2,1-2H3. The van der Waals surface area contributed by atoms with Gasteiger partial charge in [-0.15, -0.1) is 0 Å². The van der Waals surface area contributed by atoms with Crippen molar-refractivity contribution in [2.24, 2.45) is 11.8 Å². The average molecular weight is 200 g/mol. The Hall–Kier alpha value is 0.267. The summed E-state index contributed by atoms with van der Waals surface area (Å²) in [6.07, 6.45) is 9.69. The molecule has 4 atom stereocenters. The highest BCUT2D eigenvalue weighted by molar-refractivity contribution is 7.94. The van der Waals surface area contributed by atoms with E-state index in [9.17, 15) is 0 Å². The summed E-state index contributed by atoms with van der Waals surface area (Å²) in [6, 6.07) is 0. The number of fused-ring (bicyclic) bond motifs is 2. The molecule has 0 heterocycles. The lowest BCUT2D eigenvalue weighted by Gasteiger charge is -2.22. The normalized spacial score (nSPS) is 40.7. The minimum atomic E-state index is -0.888. The maximum absolute atomic E-state index is 5.70. The van der Waals surface area contributed by atoms with Gasteiger partial charge < -0.3 is 3.87 Å². The molecule has 0 aliphatic heterocycles. The van der Waals surface area contributed by atoms with Gasteiger partial charge in [-0.2, -0.15) is 0 Å². The van der Waals surface area contributed by atoms with Crippen molar-refractivity contribution < 1.29 is 3.87 Å². The van der Waals surface area contributed by atoms with Crippen LogP contribution in [0.15, 0.2) is 12.2 Å². The molecule has 0 N–H and O–H groups in total. The highest BCUT2D eigenvalue weighted by Gasteiger charge is 2.39. The van der Waals surface area contributed by atoms with Gasteiger partial charge in [-0.1, -0.05) is 12.2 Å². The van der Waals surface area contributed by atoms with Crippen LogP contribution in [0.1, 0.15) is 12.8 Å². The van der Waals surface area contributed by atoms with Crippen molar-refractivity contribution in [3.05, 3.63) is 12.2 Å². The summed E-state index contributed by atoms with van der Waals surface area (Å²) in [7, 11) is -0.888. The van der Waals surface area contributed by atoms with E-state index in [1.807, 2.05) is 6.26 Å². The number of allylic oxidation sites excluding steroid dienone is 2. The summed E-state index contributed by atoms with van der Waals surface area (Å²) >= 11 is 1.56. The molecule has 0 spiro atoms. The van der Waals surface area contributed by atoms with Crippen LogP contribution >= 0.6 is 12.0 Å². The van der Waals surface area contributed by atoms with Crippen molar-refractivity contribution in [1.82, 2.24) is 0 Å². The molecule has 0 aromatic rings. The fourth-order valence-corrected chi connectivity index (χ4v) is 6.09. The summed E-state index contributed by atoms with van der Waals surface area (Å²) in [5.41, 5.74) is 0.924. The third-order valence-corrected chi connectivity index (χ3v) is 7.14. The Bertz CT molecular complexity index is 195. The average Bonchev–Trinajstić information content (AvgIpc) is 2.64. The van der Waals surface area contributed by atoms with Crippen LogP contribution in [0, 0.1) is 11.8 Å². The molecule has 1 fully saturated rings.